The first kappa shape index (κ1) is 15.4. The van der Waals surface area contributed by atoms with Gasteiger partial charge in [-0.15, -0.1) is 0 Å². The van der Waals surface area contributed by atoms with Crippen LogP contribution in [-0.2, 0) is 0 Å². The van der Waals surface area contributed by atoms with E-state index in [4.69, 9.17) is 9.47 Å². The van der Waals surface area contributed by atoms with Crippen LogP contribution >= 0.6 is 0 Å². The highest BCUT2D eigenvalue weighted by Crippen LogP contribution is 2.39. The van der Waals surface area contributed by atoms with Gasteiger partial charge in [0.2, 0.25) is 0 Å². The zero-order valence-electron chi connectivity index (χ0n) is 13.6. The summed E-state index contributed by atoms with van der Waals surface area (Å²) in [5.74, 6) is 1.48. The zero-order chi connectivity index (χ0) is 16.4. The molecule has 3 rings (SSSR count). The number of amides is 1. The molecule has 1 aliphatic rings. The van der Waals surface area contributed by atoms with Crippen LogP contribution in [0.2, 0.25) is 0 Å². The Hall–Kier alpha value is -2.50. The van der Waals surface area contributed by atoms with Gasteiger partial charge in [0.25, 0.3) is 5.91 Å². The highest BCUT2D eigenvalue weighted by atomic mass is 16.5. The number of methoxy groups -OCH3 is 2. The number of carbonyl (C=O) groups is 1. The quantitative estimate of drug-likeness (QED) is 0.942. The van der Waals surface area contributed by atoms with Gasteiger partial charge in [-0.05, 0) is 44.0 Å². The molecule has 1 aliphatic heterocycles. The van der Waals surface area contributed by atoms with Crippen LogP contribution in [0.15, 0.2) is 24.3 Å². The summed E-state index contributed by atoms with van der Waals surface area (Å²) in [5, 5.41) is 6.92. The maximum Gasteiger partial charge on any atom is 0.274 e. The predicted molar refractivity (Wildman–Crippen MR) is 85.9 cm³/mol. The summed E-state index contributed by atoms with van der Waals surface area (Å²) in [7, 11) is 3.28. The van der Waals surface area contributed by atoms with E-state index in [0.29, 0.717) is 5.69 Å². The van der Waals surface area contributed by atoms with Crippen LogP contribution in [0.4, 0.5) is 0 Å². The highest BCUT2D eigenvalue weighted by Gasteiger charge is 2.33. The maximum absolute atomic E-state index is 12.8. The van der Waals surface area contributed by atoms with Crippen LogP contribution in [0.5, 0.6) is 11.5 Å². The number of ether oxygens (including phenoxy) is 2. The molecule has 1 fully saturated rings. The van der Waals surface area contributed by atoms with E-state index in [1.54, 1.807) is 20.3 Å². The lowest BCUT2D eigenvalue weighted by Crippen LogP contribution is -2.31. The van der Waals surface area contributed by atoms with Crippen molar-refractivity contribution in [1.29, 1.82) is 0 Å². The van der Waals surface area contributed by atoms with E-state index < -0.39 is 0 Å². The second-order valence-electron chi connectivity index (χ2n) is 5.70. The number of hydrogen-bond acceptors (Lipinski definition) is 4. The number of likely N-dealkylation sites (tertiary alicyclic amines) is 1. The Bertz CT molecular complexity index is 711. The topological polar surface area (TPSA) is 67.5 Å². The van der Waals surface area contributed by atoms with E-state index in [0.717, 1.165) is 42.1 Å². The second-order valence-corrected chi connectivity index (χ2v) is 5.70. The van der Waals surface area contributed by atoms with Crippen molar-refractivity contribution in [2.24, 2.45) is 0 Å². The van der Waals surface area contributed by atoms with Crippen molar-refractivity contribution in [3.8, 4) is 11.5 Å². The average Bonchev–Trinajstić information content (AvgIpc) is 3.22. The first-order valence-corrected chi connectivity index (χ1v) is 7.69. The van der Waals surface area contributed by atoms with Crippen LogP contribution in [0.25, 0.3) is 0 Å². The van der Waals surface area contributed by atoms with Crippen LogP contribution in [0.3, 0.4) is 0 Å². The molecule has 6 nitrogen and oxygen atoms in total. The van der Waals surface area contributed by atoms with Gasteiger partial charge in [-0.25, -0.2) is 0 Å². The van der Waals surface area contributed by atoms with E-state index in [1.165, 1.54) is 0 Å². The number of H-pyrrole nitrogens is 1. The van der Waals surface area contributed by atoms with Gasteiger partial charge >= 0.3 is 0 Å². The minimum absolute atomic E-state index is 0.0236. The van der Waals surface area contributed by atoms with E-state index in [2.05, 4.69) is 10.2 Å². The van der Waals surface area contributed by atoms with E-state index >= 15 is 0 Å². The molecule has 0 spiro atoms. The number of carbonyl (C=O) groups excluding carboxylic acids is 1. The van der Waals surface area contributed by atoms with Gasteiger partial charge in [0.1, 0.15) is 17.2 Å². The number of aromatic amines is 1. The van der Waals surface area contributed by atoms with Crippen LogP contribution < -0.4 is 9.47 Å². The van der Waals surface area contributed by atoms with Crippen molar-refractivity contribution >= 4 is 5.91 Å². The van der Waals surface area contributed by atoms with E-state index in [9.17, 15) is 4.79 Å². The van der Waals surface area contributed by atoms with Gasteiger partial charge in [0, 0.05) is 17.8 Å². The Morgan fingerprint density at radius 3 is 2.78 bits per heavy atom. The molecule has 122 valence electrons. The van der Waals surface area contributed by atoms with Crippen molar-refractivity contribution in [2.45, 2.75) is 25.8 Å². The van der Waals surface area contributed by atoms with Crippen molar-refractivity contribution in [3.63, 3.8) is 0 Å². The molecule has 0 unspecified atom stereocenters. The lowest BCUT2D eigenvalue weighted by Gasteiger charge is -2.26. The average molecular weight is 315 g/mol. The summed E-state index contributed by atoms with van der Waals surface area (Å²) >= 11 is 0. The van der Waals surface area contributed by atoms with Crippen molar-refractivity contribution in [3.05, 3.63) is 41.2 Å². The first-order chi connectivity index (χ1) is 11.1. The van der Waals surface area contributed by atoms with Crippen LogP contribution in [0.1, 0.15) is 40.6 Å². The van der Waals surface area contributed by atoms with E-state index in [1.807, 2.05) is 30.0 Å². The minimum Gasteiger partial charge on any atom is -0.497 e. The molecule has 23 heavy (non-hydrogen) atoms. The molecule has 0 radical (unpaired) electrons. The number of nitrogens with zero attached hydrogens (tertiary/aromatic N) is 2. The van der Waals surface area contributed by atoms with Gasteiger partial charge in [0.05, 0.1) is 20.3 Å². The lowest BCUT2D eigenvalue weighted by atomic mass is 10.0. The maximum atomic E-state index is 12.8. The molecule has 1 N–H and O–H groups in total. The molecule has 1 aromatic carbocycles. The Morgan fingerprint density at radius 2 is 2.13 bits per heavy atom. The highest BCUT2D eigenvalue weighted by molar-refractivity contribution is 5.93. The van der Waals surface area contributed by atoms with Gasteiger partial charge in [0.15, 0.2) is 0 Å². The smallest absolute Gasteiger partial charge is 0.274 e. The SMILES string of the molecule is COc1ccc(OC)c([C@@H]2CCCN2C(=O)c2cc(C)[nH]n2)c1. The third-order valence-corrected chi connectivity index (χ3v) is 4.23. The summed E-state index contributed by atoms with van der Waals surface area (Å²) in [6, 6.07) is 7.45. The number of nitrogens with one attached hydrogen (secondary N) is 1. The molecular weight excluding hydrogens is 294 g/mol. The van der Waals surface area contributed by atoms with Crippen LogP contribution in [-0.4, -0.2) is 41.8 Å². The normalized spacial score (nSPS) is 17.3. The number of aromatic nitrogens is 2. The van der Waals surface area contributed by atoms with Gasteiger partial charge < -0.3 is 14.4 Å². The molecule has 1 atom stereocenters. The number of hydrogen-bond donors (Lipinski definition) is 1. The molecular formula is C17H21N3O3. The Labute approximate surface area is 135 Å². The third-order valence-electron chi connectivity index (χ3n) is 4.23. The summed E-state index contributed by atoms with van der Waals surface area (Å²) in [6.45, 7) is 2.60. The second kappa shape index (κ2) is 6.32. The number of rotatable bonds is 4. The fourth-order valence-corrected chi connectivity index (χ4v) is 3.11. The third kappa shape index (κ3) is 2.88. The standard InChI is InChI=1S/C17H21N3O3/c1-11-9-14(19-18-11)17(21)20-8-4-5-15(20)13-10-12(22-2)6-7-16(13)23-3/h6-7,9-10,15H,4-5,8H2,1-3H3,(H,18,19)/t15-/m0/s1. The molecule has 1 saturated heterocycles. The van der Waals surface area contributed by atoms with Crippen molar-refractivity contribution < 1.29 is 14.3 Å². The Balaban J connectivity index is 1.94. The van der Waals surface area contributed by atoms with Crippen LogP contribution in [0, 0.1) is 6.92 Å². The fourth-order valence-electron chi connectivity index (χ4n) is 3.11. The molecule has 2 aromatic rings. The summed E-state index contributed by atoms with van der Waals surface area (Å²) < 4.78 is 10.8. The molecule has 2 heterocycles. The number of aryl methyl sites for hydroxylation is 1. The summed E-state index contributed by atoms with van der Waals surface area (Å²) in [5.41, 5.74) is 2.31. The fraction of sp³-hybridized carbons (Fsp3) is 0.412. The van der Waals surface area contributed by atoms with Crippen molar-refractivity contribution in [2.75, 3.05) is 20.8 Å². The largest absolute Gasteiger partial charge is 0.497 e. The first-order valence-electron chi connectivity index (χ1n) is 7.69. The minimum atomic E-state index is -0.0540. The summed E-state index contributed by atoms with van der Waals surface area (Å²) in [6.07, 6.45) is 1.86. The molecule has 1 amide bonds. The predicted octanol–water partition coefficient (Wildman–Crippen LogP) is 2.71. The van der Waals surface area contributed by atoms with Crippen molar-refractivity contribution in [1.82, 2.24) is 15.1 Å². The monoisotopic (exact) mass is 315 g/mol. The zero-order valence-corrected chi connectivity index (χ0v) is 13.6. The Morgan fingerprint density at radius 1 is 1.30 bits per heavy atom. The lowest BCUT2D eigenvalue weighted by molar-refractivity contribution is 0.0728. The number of benzene rings is 1. The van der Waals surface area contributed by atoms with E-state index in [-0.39, 0.29) is 11.9 Å². The molecule has 0 bridgehead atoms. The van der Waals surface area contributed by atoms with Gasteiger partial charge in [-0.2, -0.15) is 5.10 Å². The Kier molecular flexibility index (Phi) is 4.23. The molecule has 0 aliphatic carbocycles. The van der Waals surface area contributed by atoms with Gasteiger partial charge in [-0.1, -0.05) is 0 Å². The molecule has 6 heteroatoms. The molecule has 1 aromatic heterocycles. The summed E-state index contributed by atoms with van der Waals surface area (Å²) in [4.78, 5) is 14.6. The van der Waals surface area contributed by atoms with Gasteiger partial charge in [-0.3, -0.25) is 9.89 Å². The molecule has 0 saturated carbocycles.